The average Bonchev–Trinajstić information content (AvgIpc) is 2.73. The predicted octanol–water partition coefficient (Wildman–Crippen LogP) is 2.99. The number of rotatable bonds is 1. The molecule has 0 heteroatoms. The van der Waals surface area contributed by atoms with Gasteiger partial charge in [0.15, 0.2) is 0 Å². The van der Waals surface area contributed by atoms with Crippen molar-refractivity contribution in [2.75, 3.05) is 0 Å². The summed E-state index contributed by atoms with van der Waals surface area (Å²) in [5.41, 5.74) is 6.00. The van der Waals surface area contributed by atoms with E-state index in [2.05, 4.69) is 30.9 Å². The van der Waals surface area contributed by atoms with Gasteiger partial charge in [0.1, 0.15) is 0 Å². The van der Waals surface area contributed by atoms with Gasteiger partial charge < -0.3 is 0 Å². The summed E-state index contributed by atoms with van der Waals surface area (Å²) in [6.07, 6.45) is 11.2. The Balaban J connectivity index is 2.25. The topological polar surface area (TPSA) is 0 Å². The zero-order valence-electron chi connectivity index (χ0n) is 6.80. The largest absolute Gasteiger partial charge is 0.117 e. The molecule has 11 heavy (non-hydrogen) atoms. The molecule has 0 aromatic heterocycles. The second-order valence-electron chi connectivity index (χ2n) is 3.28. The minimum absolute atomic E-state index is 0.821. The predicted molar refractivity (Wildman–Crippen MR) is 47.2 cm³/mol. The van der Waals surface area contributed by atoms with Crippen molar-refractivity contribution in [1.29, 1.82) is 0 Å². The zero-order valence-corrected chi connectivity index (χ0v) is 6.80. The SMILES string of the molecule is CC1=CC=C=C(C2CC2)C=C1. The van der Waals surface area contributed by atoms with Gasteiger partial charge >= 0.3 is 0 Å². The molecule has 0 saturated heterocycles. The Morgan fingerprint density at radius 2 is 2.18 bits per heavy atom. The Bertz CT molecular complexity index is 279. The first-order chi connectivity index (χ1) is 5.36. The minimum Gasteiger partial charge on any atom is -0.117 e. The fourth-order valence-corrected chi connectivity index (χ4v) is 1.24. The molecule has 0 atom stereocenters. The Morgan fingerprint density at radius 3 is 2.91 bits per heavy atom. The highest BCUT2D eigenvalue weighted by atomic mass is 14.3. The highest BCUT2D eigenvalue weighted by Crippen LogP contribution is 2.36. The summed E-state index contributed by atoms with van der Waals surface area (Å²) < 4.78 is 0. The van der Waals surface area contributed by atoms with Crippen LogP contribution in [0.2, 0.25) is 0 Å². The maximum Gasteiger partial charge on any atom is -0.00293 e. The second-order valence-corrected chi connectivity index (χ2v) is 3.28. The molecule has 2 aliphatic carbocycles. The summed E-state index contributed by atoms with van der Waals surface area (Å²) in [4.78, 5) is 0. The van der Waals surface area contributed by atoms with Crippen LogP contribution in [-0.4, -0.2) is 0 Å². The van der Waals surface area contributed by atoms with Crippen LogP contribution in [-0.2, 0) is 0 Å². The van der Waals surface area contributed by atoms with Crippen molar-refractivity contribution in [3.8, 4) is 0 Å². The molecule has 0 heterocycles. The highest BCUT2D eigenvalue weighted by molar-refractivity contribution is 5.35. The van der Waals surface area contributed by atoms with Crippen LogP contribution in [0, 0.1) is 5.92 Å². The molecular formula is C11H12. The van der Waals surface area contributed by atoms with Crippen molar-refractivity contribution >= 4 is 0 Å². The van der Waals surface area contributed by atoms with Crippen molar-refractivity contribution in [3.63, 3.8) is 0 Å². The van der Waals surface area contributed by atoms with E-state index in [0.717, 1.165) is 5.92 Å². The van der Waals surface area contributed by atoms with Gasteiger partial charge in [-0.05, 0) is 37.3 Å². The van der Waals surface area contributed by atoms with Gasteiger partial charge in [-0.15, -0.1) is 5.73 Å². The van der Waals surface area contributed by atoms with Crippen molar-refractivity contribution in [2.24, 2.45) is 5.92 Å². The smallest absolute Gasteiger partial charge is 0.00293 e. The molecule has 1 fully saturated rings. The molecule has 0 aliphatic heterocycles. The van der Waals surface area contributed by atoms with Crippen molar-refractivity contribution < 1.29 is 0 Å². The molecular weight excluding hydrogens is 132 g/mol. The van der Waals surface area contributed by atoms with Crippen LogP contribution in [0.15, 0.2) is 41.2 Å². The van der Waals surface area contributed by atoms with Crippen LogP contribution >= 0.6 is 0 Å². The molecule has 0 amide bonds. The van der Waals surface area contributed by atoms with Crippen molar-refractivity contribution in [3.05, 3.63) is 41.2 Å². The molecule has 0 unspecified atom stereocenters. The molecule has 0 nitrogen and oxygen atoms in total. The molecule has 0 bridgehead atoms. The van der Waals surface area contributed by atoms with Crippen LogP contribution in [0.25, 0.3) is 0 Å². The summed E-state index contributed by atoms with van der Waals surface area (Å²) in [7, 11) is 0. The van der Waals surface area contributed by atoms with E-state index in [1.54, 1.807) is 0 Å². The Morgan fingerprint density at radius 1 is 1.36 bits per heavy atom. The van der Waals surface area contributed by atoms with Gasteiger partial charge in [0.05, 0.1) is 0 Å². The molecule has 1 saturated carbocycles. The van der Waals surface area contributed by atoms with Crippen molar-refractivity contribution in [2.45, 2.75) is 19.8 Å². The molecule has 0 N–H and O–H groups in total. The Labute approximate surface area is 67.6 Å². The molecule has 0 aromatic rings. The van der Waals surface area contributed by atoms with Crippen LogP contribution in [0.3, 0.4) is 0 Å². The fraction of sp³-hybridized carbons (Fsp3) is 0.364. The van der Waals surface area contributed by atoms with Gasteiger partial charge in [0, 0.05) is 0 Å². The van der Waals surface area contributed by atoms with Gasteiger partial charge in [-0.25, -0.2) is 0 Å². The first-order valence-corrected chi connectivity index (χ1v) is 4.18. The van der Waals surface area contributed by atoms with Gasteiger partial charge in [0.2, 0.25) is 0 Å². The number of allylic oxidation sites excluding steroid dienone is 5. The lowest BCUT2D eigenvalue weighted by atomic mass is 10.1. The quantitative estimate of drug-likeness (QED) is 0.496. The minimum atomic E-state index is 0.821. The average molecular weight is 144 g/mol. The second kappa shape index (κ2) is 2.56. The Hall–Kier alpha value is -1.00. The third-order valence-electron chi connectivity index (χ3n) is 2.14. The molecule has 0 radical (unpaired) electrons. The summed E-state index contributed by atoms with van der Waals surface area (Å²) in [5, 5.41) is 0. The standard InChI is InChI=1S/C11H12/c1-9-3-2-4-10(6-5-9)11-7-8-11/h2-3,5-6,11H,7-8H2,1H3. The van der Waals surface area contributed by atoms with Crippen LogP contribution in [0.1, 0.15) is 19.8 Å². The van der Waals surface area contributed by atoms with Gasteiger partial charge in [-0.1, -0.05) is 23.8 Å². The zero-order chi connectivity index (χ0) is 7.68. The van der Waals surface area contributed by atoms with E-state index in [1.165, 1.54) is 24.0 Å². The number of hydrogen-bond donors (Lipinski definition) is 0. The van der Waals surface area contributed by atoms with Gasteiger partial charge in [0.25, 0.3) is 0 Å². The van der Waals surface area contributed by atoms with Crippen LogP contribution in [0.5, 0.6) is 0 Å². The summed E-state index contributed by atoms with van der Waals surface area (Å²) in [5.74, 6) is 0.821. The normalized spacial score (nSPS) is 22.6. The fourth-order valence-electron chi connectivity index (χ4n) is 1.24. The third-order valence-corrected chi connectivity index (χ3v) is 2.14. The third kappa shape index (κ3) is 1.53. The van der Waals surface area contributed by atoms with E-state index >= 15 is 0 Å². The lowest BCUT2D eigenvalue weighted by Crippen LogP contribution is -1.76. The highest BCUT2D eigenvalue weighted by Gasteiger charge is 2.24. The Kier molecular flexibility index (Phi) is 1.56. The van der Waals surface area contributed by atoms with Gasteiger partial charge in [-0.2, -0.15) is 0 Å². The molecule has 0 aromatic carbocycles. The van der Waals surface area contributed by atoms with E-state index in [-0.39, 0.29) is 0 Å². The molecule has 2 rings (SSSR count). The summed E-state index contributed by atoms with van der Waals surface area (Å²) in [6.45, 7) is 2.12. The molecule has 2 aliphatic rings. The van der Waals surface area contributed by atoms with E-state index in [4.69, 9.17) is 0 Å². The van der Waals surface area contributed by atoms with E-state index in [9.17, 15) is 0 Å². The maximum atomic E-state index is 3.30. The first-order valence-electron chi connectivity index (χ1n) is 4.18. The lowest BCUT2D eigenvalue weighted by molar-refractivity contribution is 1.06. The van der Waals surface area contributed by atoms with Gasteiger partial charge in [-0.3, -0.25) is 0 Å². The van der Waals surface area contributed by atoms with Crippen LogP contribution < -0.4 is 0 Å². The van der Waals surface area contributed by atoms with E-state index in [0.29, 0.717) is 0 Å². The molecule has 56 valence electrons. The van der Waals surface area contributed by atoms with E-state index in [1.807, 2.05) is 6.08 Å². The monoisotopic (exact) mass is 144 g/mol. The van der Waals surface area contributed by atoms with Crippen LogP contribution in [0.4, 0.5) is 0 Å². The summed E-state index contributed by atoms with van der Waals surface area (Å²) in [6, 6.07) is 0. The lowest BCUT2D eigenvalue weighted by Gasteiger charge is -1.90. The van der Waals surface area contributed by atoms with E-state index < -0.39 is 0 Å². The van der Waals surface area contributed by atoms with Crippen molar-refractivity contribution in [1.82, 2.24) is 0 Å². The number of hydrogen-bond acceptors (Lipinski definition) is 0. The first kappa shape index (κ1) is 6.69. The summed E-state index contributed by atoms with van der Waals surface area (Å²) >= 11 is 0. The maximum absolute atomic E-state index is 3.30. The molecule has 0 spiro atoms.